The van der Waals surface area contributed by atoms with Crippen molar-refractivity contribution in [1.29, 1.82) is 0 Å². The molecule has 8 nitrogen and oxygen atoms in total. The van der Waals surface area contributed by atoms with Crippen LogP contribution in [0.25, 0.3) is 11.1 Å². The fraction of sp³-hybridized carbons (Fsp3) is 0.259. The lowest BCUT2D eigenvalue weighted by Crippen LogP contribution is -2.53. The van der Waals surface area contributed by atoms with Gasteiger partial charge in [-0.1, -0.05) is 30.3 Å². The Labute approximate surface area is 214 Å². The zero-order chi connectivity index (χ0) is 26.5. The predicted molar refractivity (Wildman–Crippen MR) is 140 cm³/mol. The van der Waals surface area contributed by atoms with Gasteiger partial charge in [0.25, 0.3) is 0 Å². The van der Waals surface area contributed by atoms with Gasteiger partial charge in [0.05, 0.1) is 34.9 Å². The molecule has 3 aromatic rings. The average Bonchev–Trinajstić information content (AvgIpc) is 3.22. The van der Waals surface area contributed by atoms with E-state index in [1.54, 1.807) is 54.3 Å². The van der Waals surface area contributed by atoms with E-state index >= 15 is 0 Å². The van der Waals surface area contributed by atoms with Crippen LogP contribution in [-0.4, -0.2) is 43.9 Å². The quantitative estimate of drug-likeness (QED) is 0.520. The number of sulfonamides is 1. The Hall–Kier alpha value is -3.92. The zero-order valence-corrected chi connectivity index (χ0v) is 21.2. The maximum absolute atomic E-state index is 13.6. The predicted octanol–water partition coefficient (Wildman–Crippen LogP) is 5.01. The summed E-state index contributed by atoms with van der Waals surface area (Å²) >= 11 is 0. The van der Waals surface area contributed by atoms with Crippen molar-refractivity contribution in [2.45, 2.75) is 32.4 Å². The van der Waals surface area contributed by atoms with E-state index < -0.39 is 34.0 Å². The Morgan fingerprint density at radius 3 is 2.14 bits per heavy atom. The summed E-state index contributed by atoms with van der Waals surface area (Å²) in [7, 11) is -3.30. The minimum Gasteiger partial charge on any atom is -0.465 e. The van der Waals surface area contributed by atoms with Crippen LogP contribution in [0.3, 0.4) is 0 Å². The summed E-state index contributed by atoms with van der Waals surface area (Å²) < 4.78 is 39.6. The van der Waals surface area contributed by atoms with Gasteiger partial charge in [-0.3, -0.25) is 14.0 Å². The molecular formula is C27H26FN3O5S. The van der Waals surface area contributed by atoms with Gasteiger partial charge >= 0.3 is 6.09 Å². The van der Waals surface area contributed by atoms with Gasteiger partial charge in [-0.15, -0.1) is 0 Å². The summed E-state index contributed by atoms with van der Waals surface area (Å²) in [5.74, 6) is -0.551. The van der Waals surface area contributed by atoms with Crippen molar-refractivity contribution in [1.82, 2.24) is 0 Å². The molecule has 2 heterocycles. The number of carbonyl (C=O) groups excluding carboxylic acids is 1. The Morgan fingerprint density at radius 1 is 0.919 bits per heavy atom. The molecule has 0 aliphatic carbocycles. The monoisotopic (exact) mass is 523 g/mol. The van der Waals surface area contributed by atoms with Crippen LogP contribution in [-0.2, 0) is 14.8 Å². The van der Waals surface area contributed by atoms with Crippen LogP contribution in [0.4, 0.5) is 26.2 Å². The molecule has 1 unspecified atom stereocenters. The van der Waals surface area contributed by atoms with Gasteiger partial charge in [0, 0.05) is 13.5 Å². The third kappa shape index (κ3) is 4.31. The highest BCUT2D eigenvalue weighted by atomic mass is 32.2. The van der Waals surface area contributed by atoms with Crippen LogP contribution >= 0.6 is 0 Å². The number of benzene rings is 3. The molecule has 2 atom stereocenters. The van der Waals surface area contributed by atoms with E-state index in [2.05, 4.69) is 0 Å². The number of rotatable bonds is 3. The van der Waals surface area contributed by atoms with Gasteiger partial charge in [-0.05, 0) is 66.4 Å². The third-order valence-corrected chi connectivity index (χ3v) is 8.85. The highest BCUT2D eigenvalue weighted by Crippen LogP contribution is 2.46. The molecule has 0 aromatic heterocycles. The van der Waals surface area contributed by atoms with Crippen molar-refractivity contribution < 1.29 is 27.5 Å². The van der Waals surface area contributed by atoms with Crippen LogP contribution in [0.1, 0.15) is 31.9 Å². The molecule has 3 aromatic carbocycles. The smallest absolute Gasteiger partial charge is 0.412 e. The number of hydrogen-bond acceptors (Lipinski definition) is 4. The van der Waals surface area contributed by atoms with Crippen LogP contribution in [0.2, 0.25) is 0 Å². The third-order valence-electron chi connectivity index (χ3n) is 6.98. The average molecular weight is 524 g/mol. The lowest BCUT2D eigenvalue weighted by molar-refractivity contribution is -0.117. The molecule has 0 spiro atoms. The van der Waals surface area contributed by atoms with Crippen molar-refractivity contribution >= 4 is 39.1 Å². The zero-order valence-electron chi connectivity index (χ0n) is 20.3. The van der Waals surface area contributed by atoms with Crippen molar-refractivity contribution in [2.24, 2.45) is 0 Å². The lowest BCUT2D eigenvalue weighted by atomic mass is 9.91. The second kappa shape index (κ2) is 9.19. The maximum Gasteiger partial charge on any atom is 0.412 e. The van der Waals surface area contributed by atoms with Gasteiger partial charge < -0.3 is 10.0 Å². The molecule has 0 bridgehead atoms. The molecule has 37 heavy (non-hydrogen) atoms. The first-order valence-electron chi connectivity index (χ1n) is 11.9. The molecule has 5 rings (SSSR count). The number of carboxylic acid groups (broad SMARTS) is 1. The van der Waals surface area contributed by atoms with Crippen molar-refractivity contribution in [3.8, 4) is 11.1 Å². The Kier molecular flexibility index (Phi) is 6.15. The van der Waals surface area contributed by atoms with Gasteiger partial charge in [0.15, 0.2) is 0 Å². The minimum atomic E-state index is -3.30. The molecule has 0 saturated carbocycles. The molecule has 2 aliphatic heterocycles. The van der Waals surface area contributed by atoms with E-state index in [9.17, 15) is 27.5 Å². The van der Waals surface area contributed by atoms with Gasteiger partial charge in [-0.25, -0.2) is 17.6 Å². The number of carbonyl (C=O) groups is 2. The maximum atomic E-state index is 13.6. The standard InChI is InChI=1S/C27H26FN3O5S/c1-17-26(20-4-9-22(28)10-5-20)31(27(33)34)25-16-21(8-13-24(25)30(17)18(2)32)19-6-11-23(12-7-19)29-14-3-15-37(29,35)36/h4-13,16-17,26H,3,14-15H2,1-2H3,(H,33,34)/t17-,26?/m0/s1. The molecule has 1 fully saturated rings. The molecule has 192 valence electrons. The Morgan fingerprint density at radius 2 is 1.57 bits per heavy atom. The van der Waals surface area contributed by atoms with Crippen molar-refractivity contribution in [3.05, 3.63) is 78.1 Å². The van der Waals surface area contributed by atoms with Gasteiger partial charge in [-0.2, -0.15) is 0 Å². The molecule has 1 N–H and O–H groups in total. The second-order valence-electron chi connectivity index (χ2n) is 9.27. The van der Waals surface area contributed by atoms with Crippen LogP contribution in [0.15, 0.2) is 66.7 Å². The van der Waals surface area contributed by atoms with E-state index in [-0.39, 0.29) is 11.7 Å². The molecule has 2 aliphatic rings. The summed E-state index contributed by atoms with van der Waals surface area (Å²) in [5, 5.41) is 10.3. The summed E-state index contributed by atoms with van der Waals surface area (Å²) in [6.45, 7) is 3.64. The first-order chi connectivity index (χ1) is 17.6. The topological polar surface area (TPSA) is 98.2 Å². The molecule has 1 saturated heterocycles. The van der Waals surface area contributed by atoms with Crippen LogP contribution in [0, 0.1) is 5.82 Å². The SMILES string of the molecule is CC(=O)N1c2ccc(-c3ccc(N4CCCS4(=O)=O)cc3)cc2N(C(=O)O)C(c2ccc(F)cc2)[C@@H]1C. The van der Waals surface area contributed by atoms with E-state index in [1.807, 2.05) is 0 Å². The van der Waals surface area contributed by atoms with E-state index in [0.717, 1.165) is 5.56 Å². The van der Waals surface area contributed by atoms with Crippen LogP contribution in [0.5, 0.6) is 0 Å². The highest BCUT2D eigenvalue weighted by Gasteiger charge is 2.42. The largest absolute Gasteiger partial charge is 0.465 e. The van der Waals surface area contributed by atoms with Gasteiger partial charge in [0.1, 0.15) is 5.82 Å². The first kappa shape index (κ1) is 24.8. The number of hydrogen-bond donors (Lipinski definition) is 1. The minimum absolute atomic E-state index is 0.130. The van der Waals surface area contributed by atoms with E-state index in [4.69, 9.17) is 0 Å². The van der Waals surface area contributed by atoms with E-state index in [0.29, 0.717) is 41.2 Å². The Bertz CT molecular complexity index is 1470. The fourth-order valence-electron chi connectivity index (χ4n) is 5.34. The van der Waals surface area contributed by atoms with Crippen molar-refractivity contribution in [2.75, 3.05) is 26.4 Å². The normalized spacial score (nSPS) is 20.6. The molecule has 2 amide bonds. The van der Waals surface area contributed by atoms with Crippen LogP contribution < -0.4 is 14.1 Å². The fourth-order valence-corrected chi connectivity index (χ4v) is 6.91. The summed E-state index contributed by atoms with van der Waals surface area (Å²) in [6.07, 6.45) is -0.613. The molecule has 0 radical (unpaired) electrons. The summed E-state index contributed by atoms with van der Waals surface area (Å²) in [4.78, 5) is 28.1. The number of fused-ring (bicyclic) bond motifs is 1. The number of nitrogens with zero attached hydrogens (tertiary/aromatic N) is 3. The Balaban J connectivity index is 1.59. The summed E-state index contributed by atoms with van der Waals surface area (Å²) in [5.41, 5.74) is 3.41. The number of amides is 2. The molecule has 10 heteroatoms. The summed E-state index contributed by atoms with van der Waals surface area (Å²) in [6, 6.07) is 16.6. The molecular weight excluding hydrogens is 497 g/mol. The lowest BCUT2D eigenvalue weighted by Gasteiger charge is -2.46. The number of anilines is 3. The second-order valence-corrected chi connectivity index (χ2v) is 11.3. The highest BCUT2D eigenvalue weighted by molar-refractivity contribution is 7.93. The van der Waals surface area contributed by atoms with E-state index in [1.165, 1.54) is 40.4 Å². The van der Waals surface area contributed by atoms with Gasteiger partial charge in [0.2, 0.25) is 15.9 Å². The van der Waals surface area contributed by atoms with Crippen molar-refractivity contribution in [3.63, 3.8) is 0 Å². The number of halogens is 1. The first-order valence-corrected chi connectivity index (χ1v) is 13.5.